The van der Waals surface area contributed by atoms with E-state index >= 15 is 0 Å². The Balaban J connectivity index is 1.55. The van der Waals surface area contributed by atoms with Crippen LogP contribution in [0.4, 0.5) is 16.2 Å². The van der Waals surface area contributed by atoms with Gasteiger partial charge in [0.05, 0.1) is 0 Å². The van der Waals surface area contributed by atoms with Crippen molar-refractivity contribution in [1.29, 1.82) is 0 Å². The van der Waals surface area contributed by atoms with Gasteiger partial charge in [-0.15, -0.1) is 0 Å². The molecule has 0 aliphatic heterocycles. The molecule has 7 heteroatoms. The van der Waals surface area contributed by atoms with Crippen LogP contribution in [0, 0.1) is 0 Å². The van der Waals surface area contributed by atoms with Gasteiger partial charge in [-0.05, 0) is 82.1 Å². The van der Waals surface area contributed by atoms with Crippen LogP contribution >= 0.6 is 0 Å². The lowest BCUT2D eigenvalue weighted by molar-refractivity contribution is 0.0919. The average Bonchev–Trinajstić information content (AvgIpc) is 3.45. The zero-order chi connectivity index (χ0) is 21.0. The van der Waals surface area contributed by atoms with Crippen molar-refractivity contribution in [2.75, 3.05) is 10.6 Å². The highest BCUT2D eigenvalue weighted by molar-refractivity contribution is 6.05. The Bertz CT molecular complexity index is 895. The number of carbonyl (C=O) groups is 3. The minimum Gasteiger partial charge on any atom is -0.347 e. The summed E-state index contributed by atoms with van der Waals surface area (Å²) in [5.41, 5.74) is 1.89. The van der Waals surface area contributed by atoms with Crippen molar-refractivity contribution in [2.24, 2.45) is 0 Å². The monoisotopic (exact) mass is 394 g/mol. The van der Waals surface area contributed by atoms with Crippen LogP contribution < -0.4 is 21.3 Å². The second kappa shape index (κ2) is 8.34. The van der Waals surface area contributed by atoms with Crippen molar-refractivity contribution in [1.82, 2.24) is 10.6 Å². The average molecular weight is 394 g/mol. The molecule has 1 fully saturated rings. The molecule has 1 aliphatic rings. The molecule has 0 saturated heterocycles. The SMILES string of the molecule is CC(C)(C)NC(=O)c1ccc(NC(=O)c2ccc(NC(=O)NC3CC3)cc2)cc1. The highest BCUT2D eigenvalue weighted by atomic mass is 16.2. The first-order valence-corrected chi connectivity index (χ1v) is 9.61. The van der Waals surface area contributed by atoms with Gasteiger partial charge in [0, 0.05) is 34.1 Å². The molecule has 3 rings (SSSR count). The van der Waals surface area contributed by atoms with E-state index in [9.17, 15) is 14.4 Å². The van der Waals surface area contributed by atoms with Crippen LogP contribution in [0.15, 0.2) is 48.5 Å². The van der Waals surface area contributed by atoms with Gasteiger partial charge >= 0.3 is 6.03 Å². The minimum absolute atomic E-state index is 0.163. The summed E-state index contributed by atoms with van der Waals surface area (Å²) >= 11 is 0. The standard InChI is InChI=1S/C22H26N4O3/c1-22(2,3)26-20(28)15-6-8-16(9-7-15)23-19(27)14-4-10-17(11-5-14)24-21(29)25-18-12-13-18/h4-11,18H,12-13H2,1-3H3,(H,23,27)(H,26,28)(H2,24,25,29). The summed E-state index contributed by atoms with van der Waals surface area (Å²) in [6.45, 7) is 5.75. The Morgan fingerprint density at radius 1 is 0.759 bits per heavy atom. The summed E-state index contributed by atoms with van der Waals surface area (Å²) in [6, 6.07) is 13.4. The molecule has 4 N–H and O–H groups in total. The fraction of sp³-hybridized carbons (Fsp3) is 0.318. The second-order valence-electron chi connectivity index (χ2n) is 8.19. The van der Waals surface area contributed by atoms with Gasteiger partial charge in [0.2, 0.25) is 0 Å². The highest BCUT2D eigenvalue weighted by Crippen LogP contribution is 2.19. The van der Waals surface area contributed by atoms with Gasteiger partial charge in [0.15, 0.2) is 0 Å². The Hall–Kier alpha value is -3.35. The number of anilines is 2. The van der Waals surface area contributed by atoms with Gasteiger partial charge < -0.3 is 21.3 Å². The first-order chi connectivity index (χ1) is 13.7. The summed E-state index contributed by atoms with van der Waals surface area (Å²) in [4.78, 5) is 36.3. The van der Waals surface area contributed by atoms with Crippen molar-refractivity contribution in [3.63, 3.8) is 0 Å². The fourth-order valence-corrected chi connectivity index (χ4v) is 2.61. The van der Waals surface area contributed by atoms with Crippen molar-refractivity contribution in [2.45, 2.75) is 45.2 Å². The number of rotatable bonds is 5. The predicted molar refractivity (Wildman–Crippen MR) is 113 cm³/mol. The van der Waals surface area contributed by atoms with Gasteiger partial charge in [0.1, 0.15) is 0 Å². The van der Waals surface area contributed by atoms with E-state index in [1.165, 1.54) is 0 Å². The van der Waals surface area contributed by atoms with E-state index in [1.54, 1.807) is 48.5 Å². The van der Waals surface area contributed by atoms with E-state index in [2.05, 4.69) is 21.3 Å². The molecule has 7 nitrogen and oxygen atoms in total. The van der Waals surface area contributed by atoms with Gasteiger partial charge in [-0.25, -0.2) is 4.79 Å². The van der Waals surface area contributed by atoms with E-state index in [0.29, 0.717) is 22.5 Å². The maximum Gasteiger partial charge on any atom is 0.319 e. The Morgan fingerprint density at radius 3 is 1.72 bits per heavy atom. The largest absolute Gasteiger partial charge is 0.347 e. The second-order valence-corrected chi connectivity index (χ2v) is 8.19. The number of amides is 4. The molecule has 0 spiro atoms. The molecule has 0 heterocycles. The van der Waals surface area contributed by atoms with Gasteiger partial charge in [-0.2, -0.15) is 0 Å². The molecule has 29 heavy (non-hydrogen) atoms. The third kappa shape index (κ3) is 6.34. The van der Waals surface area contributed by atoms with Crippen molar-refractivity contribution in [3.8, 4) is 0 Å². The maximum atomic E-state index is 12.4. The lowest BCUT2D eigenvalue weighted by Crippen LogP contribution is -2.40. The number of hydrogen-bond donors (Lipinski definition) is 4. The summed E-state index contributed by atoms with van der Waals surface area (Å²) in [5, 5.41) is 11.3. The van der Waals surface area contributed by atoms with Gasteiger partial charge in [0.25, 0.3) is 11.8 Å². The van der Waals surface area contributed by atoms with E-state index in [-0.39, 0.29) is 29.4 Å². The molecule has 2 aromatic carbocycles. The van der Waals surface area contributed by atoms with E-state index in [4.69, 9.17) is 0 Å². The smallest absolute Gasteiger partial charge is 0.319 e. The van der Waals surface area contributed by atoms with Crippen molar-refractivity contribution in [3.05, 3.63) is 59.7 Å². The van der Waals surface area contributed by atoms with Crippen LogP contribution in [0.25, 0.3) is 0 Å². The van der Waals surface area contributed by atoms with Crippen molar-refractivity contribution < 1.29 is 14.4 Å². The molecule has 0 atom stereocenters. The number of benzene rings is 2. The topological polar surface area (TPSA) is 99.3 Å². The summed E-state index contributed by atoms with van der Waals surface area (Å²) in [5.74, 6) is -0.435. The minimum atomic E-state index is -0.316. The van der Waals surface area contributed by atoms with E-state index in [0.717, 1.165) is 12.8 Å². The molecule has 0 unspecified atom stereocenters. The third-order valence-electron chi connectivity index (χ3n) is 4.21. The predicted octanol–water partition coefficient (Wildman–Crippen LogP) is 3.75. The molecular weight excluding hydrogens is 368 g/mol. The zero-order valence-corrected chi connectivity index (χ0v) is 16.8. The molecule has 0 aromatic heterocycles. The lowest BCUT2D eigenvalue weighted by atomic mass is 10.1. The Kier molecular flexibility index (Phi) is 5.87. The van der Waals surface area contributed by atoms with Crippen LogP contribution in [0.1, 0.15) is 54.3 Å². The van der Waals surface area contributed by atoms with Gasteiger partial charge in [-0.3, -0.25) is 9.59 Å². The molecule has 1 saturated carbocycles. The maximum absolute atomic E-state index is 12.4. The van der Waals surface area contributed by atoms with Gasteiger partial charge in [-0.1, -0.05) is 0 Å². The third-order valence-corrected chi connectivity index (χ3v) is 4.21. The Morgan fingerprint density at radius 2 is 1.24 bits per heavy atom. The van der Waals surface area contributed by atoms with Crippen LogP contribution in [0.2, 0.25) is 0 Å². The Labute approximate surface area is 170 Å². The van der Waals surface area contributed by atoms with E-state index in [1.807, 2.05) is 20.8 Å². The summed E-state index contributed by atoms with van der Waals surface area (Å²) < 4.78 is 0. The van der Waals surface area contributed by atoms with Crippen molar-refractivity contribution >= 4 is 29.2 Å². The van der Waals surface area contributed by atoms with E-state index < -0.39 is 0 Å². The van der Waals surface area contributed by atoms with Crippen LogP contribution in [-0.2, 0) is 0 Å². The molecule has 152 valence electrons. The fourth-order valence-electron chi connectivity index (χ4n) is 2.61. The summed E-state index contributed by atoms with van der Waals surface area (Å²) in [7, 11) is 0. The molecule has 0 radical (unpaired) electrons. The lowest BCUT2D eigenvalue weighted by Gasteiger charge is -2.20. The van der Waals surface area contributed by atoms with Crippen LogP contribution in [-0.4, -0.2) is 29.4 Å². The molecular formula is C22H26N4O3. The highest BCUT2D eigenvalue weighted by Gasteiger charge is 2.23. The number of urea groups is 1. The first kappa shape index (κ1) is 20.4. The zero-order valence-electron chi connectivity index (χ0n) is 16.8. The summed E-state index contributed by atoms with van der Waals surface area (Å²) in [6.07, 6.45) is 2.05. The quantitative estimate of drug-likeness (QED) is 0.621. The normalized spacial score (nSPS) is 13.3. The molecule has 2 aromatic rings. The van der Waals surface area contributed by atoms with Crippen LogP contribution in [0.5, 0.6) is 0 Å². The number of hydrogen-bond acceptors (Lipinski definition) is 3. The molecule has 1 aliphatic carbocycles. The van der Waals surface area contributed by atoms with Crippen LogP contribution in [0.3, 0.4) is 0 Å². The number of nitrogens with one attached hydrogen (secondary N) is 4. The number of carbonyl (C=O) groups excluding carboxylic acids is 3. The first-order valence-electron chi connectivity index (χ1n) is 9.61. The molecule has 4 amide bonds. The molecule has 0 bridgehead atoms.